The number of nitrogens with one attached hydrogen (secondary N) is 2. The third-order valence-electron chi connectivity index (χ3n) is 3.76. The summed E-state index contributed by atoms with van der Waals surface area (Å²) < 4.78 is 0. The summed E-state index contributed by atoms with van der Waals surface area (Å²) in [4.78, 5) is 34.7. The standard InChI is InChI=1S/C14H24N2O4/c1-9(16-12(18)10-6-4-5-7-10)11(17)15-8-14(2,3)13(19)20/h9-10H,4-8H2,1-3H3,(H,15,17)(H,16,18)(H,19,20). The molecule has 0 aliphatic heterocycles. The Morgan fingerprint density at radius 3 is 2.30 bits per heavy atom. The van der Waals surface area contributed by atoms with Gasteiger partial charge in [-0.05, 0) is 33.6 Å². The van der Waals surface area contributed by atoms with Crippen LogP contribution in [-0.4, -0.2) is 35.5 Å². The summed E-state index contributed by atoms with van der Waals surface area (Å²) >= 11 is 0. The van der Waals surface area contributed by atoms with E-state index in [-0.39, 0.29) is 24.3 Å². The van der Waals surface area contributed by atoms with Gasteiger partial charge in [0, 0.05) is 12.5 Å². The van der Waals surface area contributed by atoms with E-state index >= 15 is 0 Å². The predicted octanol–water partition coefficient (Wildman–Crippen LogP) is 0.908. The number of hydrogen-bond donors (Lipinski definition) is 3. The Balaban J connectivity index is 2.39. The maximum Gasteiger partial charge on any atom is 0.310 e. The van der Waals surface area contributed by atoms with E-state index in [1.807, 2.05) is 0 Å². The van der Waals surface area contributed by atoms with E-state index in [1.165, 1.54) is 13.8 Å². The minimum absolute atomic E-state index is 0.0145. The summed E-state index contributed by atoms with van der Waals surface area (Å²) in [6.07, 6.45) is 3.88. The van der Waals surface area contributed by atoms with Crippen molar-refractivity contribution in [1.82, 2.24) is 10.6 Å². The Bertz CT molecular complexity index is 387. The SMILES string of the molecule is CC(NC(=O)C1CCCC1)C(=O)NCC(C)(C)C(=O)O. The number of hydrogen-bond acceptors (Lipinski definition) is 3. The summed E-state index contributed by atoms with van der Waals surface area (Å²) in [6.45, 7) is 4.72. The topological polar surface area (TPSA) is 95.5 Å². The summed E-state index contributed by atoms with van der Waals surface area (Å²) in [6, 6.07) is -0.646. The Morgan fingerprint density at radius 2 is 1.80 bits per heavy atom. The number of aliphatic carboxylic acids is 1. The zero-order valence-corrected chi connectivity index (χ0v) is 12.4. The summed E-state index contributed by atoms with van der Waals surface area (Å²) in [5, 5.41) is 14.2. The van der Waals surface area contributed by atoms with Crippen molar-refractivity contribution < 1.29 is 19.5 Å². The number of carbonyl (C=O) groups is 3. The van der Waals surface area contributed by atoms with Crippen molar-refractivity contribution in [2.75, 3.05) is 6.54 Å². The Labute approximate surface area is 119 Å². The molecule has 114 valence electrons. The fourth-order valence-electron chi connectivity index (χ4n) is 2.12. The number of carbonyl (C=O) groups excluding carboxylic acids is 2. The van der Waals surface area contributed by atoms with Crippen LogP contribution in [0, 0.1) is 11.3 Å². The second-order valence-electron chi connectivity index (χ2n) is 6.12. The van der Waals surface area contributed by atoms with Crippen molar-refractivity contribution >= 4 is 17.8 Å². The van der Waals surface area contributed by atoms with Gasteiger partial charge in [0.05, 0.1) is 5.41 Å². The van der Waals surface area contributed by atoms with Crippen molar-refractivity contribution in [3.8, 4) is 0 Å². The molecule has 1 rings (SSSR count). The zero-order chi connectivity index (χ0) is 15.3. The van der Waals surface area contributed by atoms with Gasteiger partial charge in [-0.2, -0.15) is 0 Å². The van der Waals surface area contributed by atoms with Gasteiger partial charge in [0.15, 0.2) is 0 Å². The highest BCUT2D eigenvalue weighted by Gasteiger charge is 2.29. The molecule has 0 radical (unpaired) electrons. The molecule has 0 bridgehead atoms. The normalized spacial score (nSPS) is 17.6. The molecule has 1 atom stereocenters. The first-order valence-electron chi connectivity index (χ1n) is 7.05. The summed E-state index contributed by atoms with van der Waals surface area (Å²) in [5.41, 5.74) is -1.02. The van der Waals surface area contributed by atoms with Crippen LogP contribution in [-0.2, 0) is 14.4 Å². The molecule has 1 unspecified atom stereocenters. The van der Waals surface area contributed by atoms with Crippen LogP contribution in [0.3, 0.4) is 0 Å². The van der Waals surface area contributed by atoms with Crippen LogP contribution in [0.1, 0.15) is 46.5 Å². The van der Waals surface area contributed by atoms with Crippen LogP contribution in [0.25, 0.3) is 0 Å². The molecule has 0 spiro atoms. The van der Waals surface area contributed by atoms with Gasteiger partial charge in [0.2, 0.25) is 11.8 Å². The van der Waals surface area contributed by atoms with Gasteiger partial charge in [-0.3, -0.25) is 14.4 Å². The van der Waals surface area contributed by atoms with E-state index in [4.69, 9.17) is 5.11 Å². The van der Waals surface area contributed by atoms with Gasteiger partial charge in [-0.25, -0.2) is 0 Å². The summed E-state index contributed by atoms with van der Waals surface area (Å²) in [5.74, 6) is -1.39. The van der Waals surface area contributed by atoms with E-state index in [0.717, 1.165) is 25.7 Å². The molecule has 1 fully saturated rings. The molecule has 2 amide bonds. The fourth-order valence-corrected chi connectivity index (χ4v) is 2.12. The highest BCUT2D eigenvalue weighted by atomic mass is 16.4. The second kappa shape index (κ2) is 6.72. The second-order valence-corrected chi connectivity index (χ2v) is 6.12. The Morgan fingerprint density at radius 1 is 1.25 bits per heavy atom. The quantitative estimate of drug-likeness (QED) is 0.675. The molecular formula is C14H24N2O4. The Hall–Kier alpha value is -1.59. The highest BCUT2D eigenvalue weighted by Crippen LogP contribution is 2.24. The number of amides is 2. The van der Waals surface area contributed by atoms with E-state index in [0.29, 0.717) is 0 Å². The monoisotopic (exact) mass is 284 g/mol. The van der Waals surface area contributed by atoms with E-state index in [2.05, 4.69) is 10.6 Å². The van der Waals surface area contributed by atoms with Crippen molar-refractivity contribution in [1.29, 1.82) is 0 Å². The third-order valence-corrected chi connectivity index (χ3v) is 3.76. The van der Waals surface area contributed by atoms with Gasteiger partial charge in [0.1, 0.15) is 6.04 Å². The average molecular weight is 284 g/mol. The Kier molecular flexibility index (Phi) is 5.53. The fraction of sp³-hybridized carbons (Fsp3) is 0.786. The lowest BCUT2D eigenvalue weighted by molar-refractivity contribution is -0.147. The first kappa shape index (κ1) is 16.5. The molecule has 1 aliphatic rings. The molecule has 20 heavy (non-hydrogen) atoms. The maximum absolute atomic E-state index is 11.9. The third kappa shape index (κ3) is 4.51. The molecule has 0 saturated heterocycles. The molecule has 0 heterocycles. The van der Waals surface area contributed by atoms with Gasteiger partial charge in [0.25, 0.3) is 0 Å². The molecule has 6 heteroatoms. The molecule has 1 aliphatic carbocycles. The molecular weight excluding hydrogens is 260 g/mol. The van der Waals surface area contributed by atoms with Crippen molar-refractivity contribution in [3.05, 3.63) is 0 Å². The van der Waals surface area contributed by atoms with Gasteiger partial charge < -0.3 is 15.7 Å². The van der Waals surface area contributed by atoms with Gasteiger partial charge >= 0.3 is 5.97 Å². The van der Waals surface area contributed by atoms with Crippen LogP contribution in [0.4, 0.5) is 0 Å². The van der Waals surface area contributed by atoms with Crippen LogP contribution >= 0.6 is 0 Å². The van der Waals surface area contributed by atoms with Crippen molar-refractivity contribution in [3.63, 3.8) is 0 Å². The number of carboxylic acid groups (broad SMARTS) is 1. The number of rotatable bonds is 6. The van der Waals surface area contributed by atoms with Gasteiger partial charge in [-0.1, -0.05) is 12.8 Å². The van der Waals surface area contributed by atoms with E-state index in [1.54, 1.807) is 6.92 Å². The van der Waals surface area contributed by atoms with Crippen LogP contribution in [0.2, 0.25) is 0 Å². The molecule has 0 aromatic carbocycles. The van der Waals surface area contributed by atoms with Crippen molar-refractivity contribution in [2.45, 2.75) is 52.5 Å². The molecule has 1 saturated carbocycles. The zero-order valence-electron chi connectivity index (χ0n) is 12.4. The first-order valence-corrected chi connectivity index (χ1v) is 7.05. The maximum atomic E-state index is 11.9. The lowest BCUT2D eigenvalue weighted by Crippen LogP contribution is -2.49. The molecule has 0 aromatic rings. The molecule has 0 aromatic heterocycles. The lowest BCUT2D eigenvalue weighted by atomic mass is 9.94. The predicted molar refractivity (Wildman–Crippen MR) is 74.0 cm³/mol. The lowest BCUT2D eigenvalue weighted by Gasteiger charge is -2.22. The average Bonchev–Trinajstić information content (AvgIpc) is 2.89. The minimum Gasteiger partial charge on any atom is -0.481 e. The smallest absolute Gasteiger partial charge is 0.310 e. The first-order chi connectivity index (χ1) is 9.24. The van der Waals surface area contributed by atoms with Crippen molar-refractivity contribution in [2.24, 2.45) is 11.3 Å². The van der Waals surface area contributed by atoms with Crippen LogP contribution in [0.5, 0.6) is 0 Å². The largest absolute Gasteiger partial charge is 0.481 e. The van der Waals surface area contributed by atoms with Crippen LogP contribution in [0.15, 0.2) is 0 Å². The summed E-state index contributed by atoms with van der Waals surface area (Å²) in [7, 11) is 0. The number of carboxylic acids is 1. The van der Waals surface area contributed by atoms with E-state index in [9.17, 15) is 14.4 Å². The minimum atomic E-state index is -1.02. The molecule has 6 nitrogen and oxygen atoms in total. The highest BCUT2D eigenvalue weighted by molar-refractivity contribution is 5.88. The van der Waals surface area contributed by atoms with E-state index < -0.39 is 17.4 Å². The van der Waals surface area contributed by atoms with Crippen LogP contribution < -0.4 is 10.6 Å². The van der Waals surface area contributed by atoms with Gasteiger partial charge in [-0.15, -0.1) is 0 Å². The molecule has 3 N–H and O–H groups in total.